The third-order valence-electron chi connectivity index (χ3n) is 1.92. The monoisotopic (exact) mass is 292 g/mol. The van der Waals surface area contributed by atoms with Crippen molar-refractivity contribution in [2.24, 2.45) is 0 Å². The predicted molar refractivity (Wildman–Crippen MR) is 68.8 cm³/mol. The predicted octanol–water partition coefficient (Wildman–Crippen LogP) is -0.256. The van der Waals surface area contributed by atoms with Crippen LogP contribution in [0, 0.1) is 0 Å². The summed E-state index contributed by atoms with van der Waals surface area (Å²) in [7, 11) is 1.19. The molecule has 2 N–H and O–H groups in total. The number of hydrogen-bond acceptors (Lipinski definition) is 5. The number of aromatic nitrogens is 1. The fourth-order valence-corrected chi connectivity index (χ4v) is 1.23. The van der Waals surface area contributed by atoms with Gasteiger partial charge >= 0.3 is 0 Å². The molecule has 19 heavy (non-hydrogen) atoms. The van der Waals surface area contributed by atoms with Crippen molar-refractivity contribution in [3.05, 3.63) is 30.1 Å². The maximum atomic E-state index is 10.1. The minimum atomic E-state index is -4.51. The lowest BCUT2D eigenvalue weighted by Crippen LogP contribution is -2.37. The Morgan fingerprint density at radius 2 is 2.11 bits per heavy atom. The van der Waals surface area contributed by atoms with Gasteiger partial charge in [0.05, 0.1) is 27.7 Å². The van der Waals surface area contributed by atoms with Crippen LogP contribution in [0.15, 0.2) is 24.5 Å². The van der Waals surface area contributed by atoms with Gasteiger partial charge < -0.3 is 23.9 Å². The summed E-state index contributed by atoms with van der Waals surface area (Å²) in [5.74, 6) is 0. The molecule has 0 saturated carbocycles. The summed E-state index contributed by atoms with van der Waals surface area (Å²) in [6.07, 6.45) is 3.32. The lowest BCUT2D eigenvalue weighted by atomic mass is 10.3. The highest BCUT2D eigenvalue weighted by molar-refractivity contribution is 7.44. The Labute approximate surface area is 113 Å². The molecule has 0 spiro atoms. The first-order chi connectivity index (χ1) is 8.64. The van der Waals surface area contributed by atoms with Crippen LogP contribution in [0.5, 0.6) is 0 Å². The summed E-state index contributed by atoms with van der Waals surface area (Å²) in [6.45, 7) is 0.626. The van der Waals surface area contributed by atoms with Crippen molar-refractivity contribution < 1.29 is 28.5 Å². The molecular formula is C11H21N2O5P. The standard InChI is InChI=1S/C6H7NO.C5H14NO4P/c8-5-6-2-1-3-7-4-6;1-6(2,3)4-5-10-11(7,8)9/h1-4,8H,5H2;4-5H2,1-3H3,(H-,7,8,9). The maximum absolute atomic E-state index is 10.1. The van der Waals surface area contributed by atoms with Crippen molar-refractivity contribution in [1.29, 1.82) is 0 Å². The first-order valence-electron chi connectivity index (χ1n) is 5.62. The molecule has 1 atom stereocenters. The molecule has 0 fully saturated rings. The number of rotatable bonds is 5. The van der Waals surface area contributed by atoms with Gasteiger partial charge in [-0.05, 0) is 11.6 Å². The number of phosphoric acid groups is 1. The molecule has 0 aromatic carbocycles. The summed E-state index contributed by atoms with van der Waals surface area (Å²) in [6, 6.07) is 3.62. The van der Waals surface area contributed by atoms with Gasteiger partial charge in [0.2, 0.25) is 0 Å². The third-order valence-corrected chi connectivity index (χ3v) is 2.43. The maximum Gasteiger partial charge on any atom is 0.265 e. The summed E-state index contributed by atoms with van der Waals surface area (Å²) in [5.41, 5.74) is 0.854. The van der Waals surface area contributed by atoms with Crippen molar-refractivity contribution in [1.82, 2.24) is 4.98 Å². The molecule has 0 bridgehead atoms. The van der Waals surface area contributed by atoms with E-state index in [1.165, 1.54) is 0 Å². The van der Waals surface area contributed by atoms with Crippen LogP contribution in [-0.2, 0) is 15.7 Å². The molecule has 0 aliphatic carbocycles. The van der Waals surface area contributed by atoms with Crippen LogP contribution in [0.2, 0.25) is 0 Å². The number of aliphatic hydroxyl groups excluding tert-OH is 1. The molecular weight excluding hydrogens is 271 g/mol. The molecule has 0 saturated heterocycles. The van der Waals surface area contributed by atoms with Gasteiger partial charge in [0, 0.05) is 12.4 Å². The van der Waals surface area contributed by atoms with E-state index in [4.69, 9.17) is 10.00 Å². The molecule has 1 unspecified atom stereocenters. The van der Waals surface area contributed by atoms with Crippen LogP contribution in [0.1, 0.15) is 5.56 Å². The quantitative estimate of drug-likeness (QED) is 0.573. The van der Waals surface area contributed by atoms with Crippen molar-refractivity contribution in [3.8, 4) is 0 Å². The molecule has 1 aromatic rings. The van der Waals surface area contributed by atoms with E-state index in [9.17, 15) is 9.46 Å². The molecule has 1 aromatic heterocycles. The Morgan fingerprint density at radius 1 is 1.47 bits per heavy atom. The number of phosphoric ester groups is 1. The zero-order valence-electron chi connectivity index (χ0n) is 11.4. The highest BCUT2D eigenvalue weighted by Gasteiger charge is 2.08. The first-order valence-corrected chi connectivity index (χ1v) is 7.12. The Balaban J connectivity index is 0.000000356. The third kappa shape index (κ3) is 13.4. The van der Waals surface area contributed by atoms with Gasteiger partial charge in [-0.3, -0.25) is 9.55 Å². The van der Waals surface area contributed by atoms with Crippen molar-refractivity contribution in [3.63, 3.8) is 0 Å². The van der Waals surface area contributed by atoms with Crippen molar-refractivity contribution in [2.45, 2.75) is 6.61 Å². The van der Waals surface area contributed by atoms with E-state index >= 15 is 0 Å². The number of pyridine rings is 1. The fraction of sp³-hybridized carbons (Fsp3) is 0.545. The molecule has 1 heterocycles. The molecule has 110 valence electrons. The second kappa shape index (κ2) is 8.37. The second-order valence-electron chi connectivity index (χ2n) is 4.84. The smallest absolute Gasteiger partial charge is 0.265 e. The van der Waals surface area contributed by atoms with E-state index in [2.05, 4.69) is 9.51 Å². The lowest BCUT2D eigenvalue weighted by molar-refractivity contribution is -0.870. The van der Waals surface area contributed by atoms with Crippen LogP contribution in [0.25, 0.3) is 0 Å². The second-order valence-corrected chi connectivity index (χ2v) is 6.03. The zero-order valence-corrected chi connectivity index (χ0v) is 12.3. The van der Waals surface area contributed by atoms with E-state index in [1.807, 2.05) is 27.2 Å². The number of likely N-dealkylation sites (N-methyl/N-ethyl adjacent to an activating group) is 1. The first kappa shape index (κ1) is 18.2. The molecule has 0 amide bonds. The molecule has 1 rings (SSSR count). The molecule has 8 heteroatoms. The summed E-state index contributed by atoms with van der Waals surface area (Å²) in [5, 5.41) is 8.50. The van der Waals surface area contributed by atoms with Gasteiger partial charge in [-0.25, -0.2) is 0 Å². The average molecular weight is 292 g/mol. The van der Waals surface area contributed by atoms with E-state index in [0.29, 0.717) is 11.0 Å². The fourth-order valence-electron chi connectivity index (χ4n) is 0.922. The van der Waals surface area contributed by atoms with E-state index < -0.39 is 7.82 Å². The van der Waals surface area contributed by atoms with Crippen LogP contribution in [-0.4, -0.2) is 53.8 Å². The van der Waals surface area contributed by atoms with Crippen molar-refractivity contribution >= 4 is 7.82 Å². The van der Waals surface area contributed by atoms with Crippen LogP contribution >= 0.6 is 7.82 Å². The van der Waals surface area contributed by atoms with E-state index in [-0.39, 0.29) is 13.2 Å². The SMILES string of the molecule is C[N+](C)(C)CCOP(=O)([O-])O.OCc1cccnc1. The summed E-state index contributed by atoms with van der Waals surface area (Å²) >= 11 is 0. The Morgan fingerprint density at radius 3 is 2.42 bits per heavy atom. The van der Waals surface area contributed by atoms with Gasteiger partial charge in [-0.2, -0.15) is 0 Å². The van der Waals surface area contributed by atoms with Crippen LogP contribution in [0.4, 0.5) is 0 Å². The Kier molecular flexibility index (Phi) is 8.01. The topological polar surface area (TPSA) is 103 Å². The highest BCUT2D eigenvalue weighted by atomic mass is 31.2. The molecule has 7 nitrogen and oxygen atoms in total. The summed E-state index contributed by atoms with van der Waals surface area (Å²) in [4.78, 5) is 22.1. The number of nitrogens with zero attached hydrogens (tertiary/aromatic N) is 2. The van der Waals surface area contributed by atoms with E-state index in [1.54, 1.807) is 18.5 Å². The highest BCUT2D eigenvalue weighted by Crippen LogP contribution is 2.29. The largest absolute Gasteiger partial charge is 0.756 e. The van der Waals surface area contributed by atoms with Crippen LogP contribution in [0.3, 0.4) is 0 Å². The normalized spacial score (nSPS) is 14.2. The van der Waals surface area contributed by atoms with Gasteiger partial charge in [0.15, 0.2) is 0 Å². The van der Waals surface area contributed by atoms with Gasteiger partial charge in [0.1, 0.15) is 13.2 Å². The summed E-state index contributed by atoms with van der Waals surface area (Å²) < 4.78 is 14.8. The molecule has 0 aliphatic heterocycles. The average Bonchev–Trinajstić information content (AvgIpc) is 2.27. The lowest BCUT2D eigenvalue weighted by Gasteiger charge is -2.25. The number of hydrogen-bond donors (Lipinski definition) is 2. The van der Waals surface area contributed by atoms with E-state index in [0.717, 1.165) is 5.56 Å². The zero-order chi connectivity index (χ0) is 14.9. The molecule has 0 aliphatic rings. The number of quaternary nitrogens is 1. The number of aliphatic hydroxyl groups is 1. The minimum absolute atomic E-state index is 0.0147. The Bertz CT molecular complexity index is 388. The molecule has 0 radical (unpaired) electrons. The van der Waals surface area contributed by atoms with Crippen LogP contribution < -0.4 is 4.89 Å². The Hall–Kier alpha value is -0.820. The van der Waals surface area contributed by atoms with Gasteiger partial charge in [-0.1, -0.05) is 6.07 Å². The minimum Gasteiger partial charge on any atom is -0.756 e. The van der Waals surface area contributed by atoms with Crippen molar-refractivity contribution in [2.75, 3.05) is 34.3 Å². The van der Waals surface area contributed by atoms with Gasteiger partial charge in [-0.15, -0.1) is 0 Å². The van der Waals surface area contributed by atoms with Gasteiger partial charge in [0.25, 0.3) is 7.82 Å².